The fraction of sp³-hybridized carbons (Fsp3) is 0.429. The first kappa shape index (κ1) is 16.3. The third-order valence-corrected chi connectivity index (χ3v) is 3.37. The summed E-state index contributed by atoms with van der Waals surface area (Å²) in [6, 6.07) is 1.79. The topological polar surface area (TPSA) is 58.2 Å². The minimum absolute atomic E-state index is 0.105. The highest BCUT2D eigenvalue weighted by Gasteiger charge is 2.34. The van der Waals surface area contributed by atoms with E-state index in [-0.39, 0.29) is 24.1 Å². The summed E-state index contributed by atoms with van der Waals surface area (Å²) in [5, 5.41) is 5.16. The van der Waals surface area contributed by atoms with Crippen LogP contribution in [0.3, 0.4) is 0 Å². The highest BCUT2D eigenvalue weighted by Crippen LogP contribution is 2.31. The van der Waals surface area contributed by atoms with Crippen molar-refractivity contribution in [3.63, 3.8) is 0 Å². The largest absolute Gasteiger partial charge is 0.419 e. The molecule has 2 N–H and O–H groups in total. The van der Waals surface area contributed by atoms with Gasteiger partial charge < -0.3 is 10.6 Å². The Labute approximate surface area is 123 Å². The monoisotopic (exact) mass is 318 g/mol. The molecule has 1 aromatic carbocycles. The van der Waals surface area contributed by atoms with E-state index in [1.807, 2.05) is 0 Å². The molecule has 22 heavy (non-hydrogen) atoms. The minimum atomic E-state index is -4.80. The molecule has 0 spiro atoms. The molecule has 1 aromatic rings. The Kier molecular flexibility index (Phi) is 4.68. The van der Waals surface area contributed by atoms with Crippen LogP contribution in [0, 0.1) is 5.82 Å². The third kappa shape index (κ3) is 3.96. The Hall–Kier alpha value is -2.12. The number of benzene rings is 1. The number of halogens is 4. The van der Waals surface area contributed by atoms with Crippen molar-refractivity contribution in [1.82, 2.24) is 10.6 Å². The summed E-state index contributed by atoms with van der Waals surface area (Å²) < 4.78 is 50.7. The number of hydrogen-bond acceptors (Lipinski definition) is 2. The molecule has 0 saturated carbocycles. The van der Waals surface area contributed by atoms with Gasteiger partial charge in [-0.15, -0.1) is 0 Å². The Morgan fingerprint density at radius 2 is 2.09 bits per heavy atom. The first-order valence-corrected chi connectivity index (χ1v) is 6.71. The lowest BCUT2D eigenvalue weighted by Crippen LogP contribution is -2.46. The van der Waals surface area contributed by atoms with Crippen LogP contribution in [0.15, 0.2) is 18.2 Å². The first-order valence-electron chi connectivity index (χ1n) is 6.71. The van der Waals surface area contributed by atoms with Gasteiger partial charge in [0, 0.05) is 24.6 Å². The van der Waals surface area contributed by atoms with Gasteiger partial charge in [0.15, 0.2) is 0 Å². The highest BCUT2D eigenvalue weighted by molar-refractivity contribution is 5.94. The quantitative estimate of drug-likeness (QED) is 0.840. The number of hydrogen-bond donors (Lipinski definition) is 2. The molecule has 0 unspecified atom stereocenters. The number of piperidine rings is 1. The summed E-state index contributed by atoms with van der Waals surface area (Å²) in [4.78, 5) is 23.0. The van der Waals surface area contributed by atoms with Crippen molar-refractivity contribution in [3.05, 3.63) is 35.1 Å². The average Bonchev–Trinajstić information content (AvgIpc) is 2.43. The number of carbonyl (C=O) groups is 2. The highest BCUT2D eigenvalue weighted by atomic mass is 19.4. The predicted octanol–water partition coefficient (Wildman–Crippen LogP) is 2.24. The number of amides is 2. The summed E-state index contributed by atoms with van der Waals surface area (Å²) in [7, 11) is 0. The van der Waals surface area contributed by atoms with Gasteiger partial charge in [-0.3, -0.25) is 9.59 Å². The fourth-order valence-electron chi connectivity index (χ4n) is 2.24. The predicted molar refractivity (Wildman–Crippen MR) is 69.5 cm³/mol. The van der Waals surface area contributed by atoms with Gasteiger partial charge in [-0.05, 0) is 31.0 Å². The second kappa shape index (κ2) is 6.33. The van der Waals surface area contributed by atoms with E-state index in [2.05, 4.69) is 10.6 Å². The molecule has 4 nitrogen and oxygen atoms in total. The summed E-state index contributed by atoms with van der Waals surface area (Å²) in [5.41, 5.74) is -1.61. The normalized spacial score (nSPS) is 18.7. The number of carbonyl (C=O) groups excluding carboxylic acids is 2. The SMILES string of the molecule is O=C1CCC[C@H](CNC(=O)c2ccc(C(F)(F)F)c(F)c2)N1. The smallest absolute Gasteiger partial charge is 0.352 e. The van der Waals surface area contributed by atoms with Crippen molar-refractivity contribution in [2.24, 2.45) is 0 Å². The molecule has 1 saturated heterocycles. The molecule has 2 amide bonds. The van der Waals surface area contributed by atoms with Gasteiger partial charge >= 0.3 is 6.18 Å². The minimum Gasteiger partial charge on any atom is -0.352 e. The van der Waals surface area contributed by atoms with Crippen LogP contribution in [-0.2, 0) is 11.0 Å². The summed E-state index contributed by atoms with van der Waals surface area (Å²) in [5.74, 6) is -2.29. The summed E-state index contributed by atoms with van der Waals surface area (Å²) in [6.45, 7) is 0.146. The van der Waals surface area contributed by atoms with Crippen LogP contribution in [0.4, 0.5) is 17.6 Å². The Bertz CT molecular complexity index is 587. The first-order chi connectivity index (χ1) is 10.3. The van der Waals surface area contributed by atoms with Crippen molar-refractivity contribution in [3.8, 4) is 0 Å². The van der Waals surface area contributed by atoms with Crippen LogP contribution < -0.4 is 10.6 Å². The van der Waals surface area contributed by atoms with Crippen molar-refractivity contribution < 1.29 is 27.2 Å². The molecule has 0 aromatic heterocycles. The van der Waals surface area contributed by atoms with Gasteiger partial charge in [0.1, 0.15) is 5.82 Å². The molecule has 0 radical (unpaired) electrons. The summed E-state index contributed by atoms with van der Waals surface area (Å²) >= 11 is 0. The molecule has 1 heterocycles. The van der Waals surface area contributed by atoms with Crippen molar-refractivity contribution in [1.29, 1.82) is 0 Å². The van der Waals surface area contributed by atoms with E-state index in [1.165, 1.54) is 0 Å². The Morgan fingerprint density at radius 3 is 2.68 bits per heavy atom. The zero-order valence-corrected chi connectivity index (χ0v) is 11.5. The van der Waals surface area contributed by atoms with Gasteiger partial charge in [-0.25, -0.2) is 4.39 Å². The maximum absolute atomic E-state index is 13.4. The average molecular weight is 318 g/mol. The van der Waals surface area contributed by atoms with E-state index in [4.69, 9.17) is 0 Å². The molecule has 120 valence electrons. The van der Waals surface area contributed by atoms with E-state index in [0.29, 0.717) is 31.4 Å². The van der Waals surface area contributed by atoms with Crippen LogP contribution in [-0.4, -0.2) is 24.4 Å². The zero-order valence-electron chi connectivity index (χ0n) is 11.5. The van der Waals surface area contributed by atoms with E-state index >= 15 is 0 Å². The number of rotatable bonds is 3. The maximum atomic E-state index is 13.4. The molecule has 1 atom stereocenters. The lowest BCUT2D eigenvalue weighted by atomic mass is 10.0. The van der Waals surface area contributed by atoms with Crippen molar-refractivity contribution in [2.45, 2.75) is 31.5 Å². The molecule has 0 bridgehead atoms. The molecule has 1 fully saturated rings. The number of nitrogens with one attached hydrogen (secondary N) is 2. The fourth-order valence-corrected chi connectivity index (χ4v) is 2.24. The molecular formula is C14H14F4N2O2. The Balaban J connectivity index is 1.98. The van der Waals surface area contributed by atoms with Crippen LogP contribution in [0.25, 0.3) is 0 Å². The molecular weight excluding hydrogens is 304 g/mol. The van der Waals surface area contributed by atoms with Crippen LogP contribution >= 0.6 is 0 Å². The van der Waals surface area contributed by atoms with Gasteiger partial charge in [0.05, 0.1) is 5.56 Å². The van der Waals surface area contributed by atoms with E-state index < -0.39 is 23.5 Å². The van der Waals surface area contributed by atoms with Crippen LogP contribution in [0.1, 0.15) is 35.2 Å². The standard InChI is InChI=1S/C14H14F4N2O2/c15-11-6-8(4-5-10(11)14(16,17)18)13(22)19-7-9-2-1-3-12(21)20-9/h4-6,9H,1-3,7H2,(H,19,22)(H,20,21)/t9-/m1/s1. The van der Waals surface area contributed by atoms with E-state index in [0.717, 1.165) is 6.07 Å². The second-order valence-corrected chi connectivity index (χ2v) is 5.06. The van der Waals surface area contributed by atoms with Gasteiger partial charge in [0.25, 0.3) is 5.91 Å². The zero-order chi connectivity index (χ0) is 16.3. The van der Waals surface area contributed by atoms with Crippen molar-refractivity contribution in [2.75, 3.05) is 6.54 Å². The van der Waals surface area contributed by atoms with Crippen LogP contribution in [0.2, 0.25) is 0 Å². The maximum Gasteiger partial charge on any atom is 0.419 e. The molecule has 1 aliphatic heterocycles. The van der Waals surface area contributed by atoms with Gasteiger partial charge in [-0.1, -0.05) is 0 Å². The van der Waals surface area contributed by atoms with Crippen LogP contribution in [0.5, 0.6) is 0 Å². The summed E-state index contributed by atoms with van der Waals surface area (Å²) in [6.07, 6.45) is -2.95. The number of alkyl halides is 3. The second-order valence-electron chi connectivity index (χ2n) is 5.06. The molecule has 8 heteroatoms. The third-order valence-electron chi connectivity index (χ3n) is 3.37. The van der Waals surface area contributed by atoms with E-state index in [1.54, 1.807) is 0 Å². The molecule has 0 aliphatic carbocycles. The lowest BCUT2D eigenvalue weighted by molar-refractivity contribution is -0.140. The van der Waals surface area contributed by atoms with Crippen molar-refractivity contribution >= 4 is 11.8 Å². The lowest BCUT2D eigenvalue weighted by Gasteiger charge is -2.23. The molecule has 2 rings (SSSR count). The molecule has 1 aliphatic rings. The van der Waals surface area contributed by atoms with Gasteiger partial charge in [-0.2, -0.15) is 13.2 Å². The van der Waals surface area contributed by atoms with E-state index in [9.17, 15) is 27.2 Å². The Morgan fingerprint density at radius 1 is 1.36 bits per heavy atom. The van der Waals surface area contributed by atoms with Gasteiger partial charge in [0.2, 0.25) is 5.91 Å².